The van der Waals surface area contributed by atoms with E-state index in [4.69, 9.17) is 0 Å². The van der Waals surface area contributed by atoms with Gasteiger partial charge < -0.3 is 0 Å². The van der Waals surface area contributed by atoms with Gasteiger partial charge in [-0.3, -0.25) is 0 Å². The lowest BCUT2D eigenvalue weighted by Crippen LogP contribution is -2.24. The van der Waals surface area contributed by atoms with Crippen LogP contribution < -0.4 is 0 Å². The van der Waals surface area contributed by atoms with Gasteiger partial charge in [-0.05, 0) is 42.7 Å². The molecule has 0 spiro atoms. The van der Waals surface area contributed by atoms with E-state index in [9.17, 15) is 0 Å². The molecule has 0 aromatic carbocycles. The third-order valence-electron chi connectivity index (χ3n) is 3.42. The van der Waals surface area contributed by atoms with Crippen LogP contribution in [0.2, 0.25) is 0 Å². The predicted molar refractivity (Wildman–Crippen MR) is 55.1 cm³/mol. The fourth-order valence-corrected chi connectivity index (χ4v) is 2.16. The third kappa shape index (κ3) is 1.35. The summed E-state index contributed by atoms with van der Waals surface area (Å²) in [5, 5.41) is 0. The van der Waals surface area contributed by atoms with E-state index in [-0.39, 0.29) is 0 Å². The van der Waals surface area contributed by atoms with Crippen LogP contribution in [-0.2, 0) is 0 Å². The maximum absolute atomic E-state index is 4.17. The van der Waals surface area contributed by atoms with E-state index in [1.807, 2.05) is 0 Å². The molecule has 0 aliphatic heterocycles. The molecular weight excluding hydrogens is 144 g/mol. The minimum absolute atomic E-state index is 0.309. The lowest BCUT2D eigenvalue weighted by Gasteiger charge is -2.37. The van der Waals surface area contributed by atoms with Gasteiger partial charge in [-0.15, -0.1) is 0 Å². The molecule has 0 bridgehead atoms. The van der Waals surface area contributed by atoms with Gasteiger partial charge >= 0.3 is 0 Å². The van der Waals surface area contributed by atoms with Crippen molar-refractivity contribution >= 4 is 0 Å². The second kappa shape index (κ2) is 2.76. The van der Waals surface area contributed by atoms with Crippen LogP contribution in [0.25, 0.3) is 0 Å². The molecule has 0 fully saturated rings. The zero-order valence-electron chi connectivity index (χ0n) is 8.99. The first-order chi connectivity index (χ1) is 5.36. The van der Waals surface area contributed by atoms with Crippen LogP contribution in [0.3, 0.4) is 0 Å². The zero-order chi connectivity index (χ0) is 9.52. The van der Waals surface area contributed by atoms with Crippen molar-refractivity contribution in [2.45, 2.75) is 41.0 Å². The normalized spacial score (nSPS) is 29.4. The molecule has 0 saturated carbocycles. The highest BCUT2D eigenvalue weighted by atomic mass is 14.4. The van der Waals surface area contributed by atoms with Crippen molar-refractivity contribution in [1.29, 1.82) is 0 Å². The Hall–Kier alpha value is -0.520. The van der Waals surface area contributed by atoms with Crippen molar-refractivity contribution in [3.05, 3.63) is 23.3 Å². The average molecular weight is 164 g/mol. The highest BCUT2D eigenvalue weighted by Crippen LogP contribution is 2.44. The molecule has 1 aliphatic rings. The minimum atomic E-state index is 0.309. The molecule has 12 heavy (non-hydrogen) atoms. The van der Waals surface area contributed by atoms with E-state index in [1.165, 1.54) is 23.1 Å². The molecule has 0 heteroatoms. The summed E-state index contributed by atoms with van der Waals surface area (Å²) in [5.74, 6) is 0.727. The maximum Gasteiger partial charge on any atom is -0.0101 e. The Balaban J connectivity index is 3.10. The van der Waals surface area contributed by atoms with Crippen LogP contribution >= 0.6 is 0 Å². The molecule has 0 nitrogen and oxygen atoms in total. The Morgan fingerprint density at radius 1 is 1.33 bits per heavy atom. The van der Waals surface area contributed by atoms with Crippen molar-refractivity contribution < 1.29 is 0 Å². The molecule has 0 heterocycles. The molecule has 1 unspecified atom stereocenters. The van der Waals surface area contributed by atoms with Gasteiger partial charge in [0.25, 0.3) is 0 Å². The molecule has 68 valence electrons. The van der Waals surface area contributed by atoms with Crippen molar-refractivity contribution in [3.8, 4) is 0 Å². The van der Waals surface area contributed by atoms with Gasteiger partial charge in [0.1, 0.15) is 0 Å². The maximum atomic E-state index is 4.17. The highest BCUT2D eigenvalue weighted by molar-refractivity contribution is 5.39. The van der Waals surface area contributed by atoms with E-state index >= 15 is 0 Å². The molecule has 1 atom stereocenters. The van der Waals surface area contributed by atoms with Gasteiger partial charge in [0.15, 0.2) is 0 Å². The monoisotopic (exact) mass is 164 g/mol. The number of rotatable bonds is 0. The number of allylic oxidation sites excluding steroid dienone is 3. The summed E-state index contributed by atoms with van der Waals surface area (Å²) < 4.78 is 0. The van der Waals surface area contributed by atoms with Crippen LogP contribution in [0.15, 0.2) is 23.3 Å². The van der Waals surface area contributed by atoms with Gasteiger partial charge in [0.2, 0.25) is 0 Å². The molecule has 0 amide bonds. The second-order valence-corrected chi connectivity index (χ2v) is 4.78. The minimum Gasteiger partial charge on any atom is -0.0950 e. The summed E-state index contributed by atoms with van der Waals surface area (Å²) >= 11 is 0. The topological polar surface area (TPSA) is 0 Å². The fraction of sp³-hybridized carbons (Fsp3) is 0.667. The molecular formula is C12H20. The largest absolute Gasteiger partial charge is 0.0950 e. The smallest absolute Gasteiger partial charge is 0.0101 e. The van der Waals surface area contributed by atoms with E-state index in [0.717, 1.165) is 5.92 Å². The Morgan fingerprint density at radius 3 is 2.33 bits per heavy atom. The van der Waals surface area contributed by atoms with E-state index in [2.05, 4.69) is 41.2 Å². The summed E-state index contributed by atoms with van der Waals surface area (Å²) in [6.07, 6.45) is 1.25. The van der Waals surface area contributed by atoms with Crippen LogP contribution in [0.5, 0.6) is 0 Å². The lowest BCUT2D eigenvalue weighted by molar-refractivity contribution is 0.340. The van der Waals surface area contributed by atoms with Crippen LogP contribution in [0.4, 0.5) is 0 Å². The van der Waals surface area contributed by atoms with Crippen molar-refractivity contribution in [2.24, 2.45) is 11.3 Å². The Labute approximate surface area is 76.4 Å². The summed E-state index contributed by atoms with van der Waals surface area (Å²) in [7, 11) is 0. The zero-order valence-corrected chi connectivity index (χ0v) is 8.99. The molecule has 0 radical (unpaired) electrons. The first-order valence-electron chi connectivity index (χ1n) is 4.73. The van der Waals surface area contributed by atoms with Crippen molar-refractivity contribution in [1.82, 2.24) is 0 Å². The molecule has 0 N–H and O–H groups in total. The summed E-state index contributed by atoms with van der Waals surface area (Å²) in [6.45, 7) is 15.5. The van der Waals surface area contributed by atoms with Crippen LogP contribution in [-0.4, -0.2) is 0 Å². The first-order valence-corrected chi connectivity index (χ1v) is 4.73. The molecule has 0 aromatic rings. The fourth-order valence-electron chi connectivity index (χ4n) is 2.16. The van der Waals surface area contributed by atoms with E-state index < -0.39 is 0 Å². The lowest BCUT2D eigenvalue weighted by atomic mass is 9.68. The van der Waals surface area contributed by atoms with E-state index in [0.29, 0.717) is 5.41 Å². The first kappa shape index (κ1) is 9.57. The van der Waals surface area contributed by atoms with Crippen LogP contribution in [0.1, 0.15) is 41.0 Å². The Kier molecular flexibility index (Phi) is 2.20. The predicted octanol–water partition coefficient (Wildman–Crippen LogP) is 3.95. The third-order valence-corrected chi connectivity index (χ3v) is 3.42. The summed E-state index contributed by atoms with van der Waals surface area (Å²) in [5.41, 5.74) is 4.60. The van der Waals surface area contributed by atoms with Crippen molar-refractivity contribution in [3.63, 3.8) is 0 Å². The quantitative estimate of drug-likeness (QED) is 0.508. The Bertz CT molecular complexity index is 241. The van der Waals surface area contributed by atoms with Crippen molar-refractivity contribution in [2.75, 3.05) is 0 Å². The molecule has 1 aliphatic carbocycles. The average Bonchev–Trinajstić information content (AvgIpc) is 1.97. The molecule has 1 rings (SSSR count). The second-order valence-electron chi connectivity index (χ2n) is 4.78. The standard InChI is InChI=1S/C12H20/c1-8-7-12(5,6)11(4)10(3)9(8)2/h8H,4,7H2,1-3,5-6H3. The van der Waals surface area contributed by atoms with Crippen LogP contribution in [0, 0.1) is 11.3 Å². The van der Waals surface area contributed by atoms with E-state index in [1.54, 1.807) is 0 Å². The summed E-state index contributed by atoms with van der Waals surface area (Å²) in [6, 6.07) is 0. The number of hydrogen-bond acceptors (Lipinski definition) is 0. The molecule has 0 aromatic heterocycles. The Morgan fingerprint density at radius 2 is 1.83 bits per heavy atom. The SMILES string of the molecule is C=C1C(C)=C(C)C(C)CC1(C)C. The summed E-state index contributed by atoms with van der Waals surface area (Å²) in [4.78, 5) is 0. The molecule has 0 saturated heterocycles. The van der Waals surface area contributed by atoms with Gasteiger partial charge in [-0.2, -0.15) is 0 Å². The van der Waals surface area contributed by atoms with Gasteiger partial charge in [-0.1, -0.05) is 32.9 Å². The highest BCUT2D eigenvalue weighted by Gasteiger charge is 2.31. The van der Waals surface area contributed by atoms with Gasteiger partial charge in [-0.25, -0.2) is 0 Å². The van der Waals surface area contributed by atoms with Gasteiger partial charge in [0, 0.05) is 0 Å². The number of hydrogen-bond donors (Lipinski definition) is 0. The van der Waals surface area contributed by atoms with Gasteiger partial charge in [0.05, 0.1) is 0 Å².